The van der Waals surface area contributed by atoms with E-state index in [1.807, 2.05) is 0 Å². The summed E-state index contributed by atoms with van der Waals surface area (Å²) in [5.74, 6) is -0.232. The summed E-state index contributed by atoms with van der Waals surface area (Å²) in [6.45, 7) is 0.978. The first-order valence-corrected chi connectivity index (χ1v) is 11.5. The molecule has 0 radical (unpaired) electrons. The number of aromatic amines is 1. The van der Waals surface area contributed by atoms with Gasteiger partial charge in [-0.15, -0.1) is 0 Å². The summed E-state index contributed by atoms with van der Waals surface area (Å²) in [4.78, 5) is 16.5. The van der Waals surface area contributed by atoms with Gasteiger partial charge in [0.05, 0.1) is 18.7 Å². The molecule has 3 heterocycles. The Morgan fingerprint density at radius 1 is 1.15 bits per heavy atom. The molecule has 1 amide bonds. The summed E-state index contributed by atoms with van der Waals surface area (Å²) in [6, 6.07) is 5.60. The Kier molecular flexibility index (Phi) is 6.11. The standard InChI is InChI=1S/C23H23ClF3N5O2/c24-12-1-6-17-15(9-12)19(10-20(30-17)23(25,26)27)28-13-2-4-14(5-3-13)29-22(33)21-16-11-34-8-7-18(16)31-32-21/h1,6,9-10,13-14H,2-5,7-8,11H2,(H,28,30)(H,29,33)(H,31,32). The highest BCUT2D eigenvalue weighted by Gasteiger charge is 2.34. The first-order valence-electron chi connectivity index (χ1n) is 11.2. The minimum atomic E-state index is -4.55. The van der Waals surface area contributed by atoms with Crippen molar-refractivity contribution in [2.45, 2.75) is 57.0 Å². The fourth-order valence-electron chi connectivity index (χ4n) is 4.62. The van der Waals surface area contributed by atoms with Gasteiger partial charge in [-0.05, 0) is 49.9 Å². The first kappa shape index (κ1) is 22.9. The monoisotopic (exact) mass is 493 g/mol. The van der Waals surface area contributed by atoms with Gasteiger partial charge in [0.2, 0.25) is 0 Å². The highest BCUT2D eigenvalue weighted by atomic mass is 35.5. The minimum absolute atomic E-state index is 0.0308. The Labute approximate surface area is 198 Å². The van der Waals surface area contributed by atoms with Crippen molar-refractivity contribution in [1.29, 1.82) is 0 Å². The molecule has 0 unspecified atom stereocenters. The molecule has 1 aliphatic heterocycles. The van der Waals surface area contributed by atoms with E-state index in [9.17, 15) is 18.0 Å². The molecule has 0 spiro atoms. The summed E-state index contributed by atoms with van der Waals surface area (Å²) in [6.07, 6.45) is -1.07. The molecule has 1 aliphatic carbocycles. The summed E-state index contributed by atoms with van der Waals surface area (Å²) in [7, 11) is 0. The van der Waals surface area contributed by atoms with Gasteiger partial charge >= 0.3 is 6.18 Å². The summed E-state index contributed by atoms with van der Waals surface area (Å²) >= 11 is 6.08. The molecule has 1 aromatic carbocycles. The van der Waals surface area contributed by atoms with Crippen LogP contribution in [0.25, 0.3) is 10.9 Å². The molecule has 11 heteroatoms. The third-order valence-corrected chi connectivity index (χ3v) is 6.63. The van der Waals surface area contributed by atoms with Crippen LogP contribution in [-0.4, -0.2) is 39.8 Å². The number of amides is 1. The molecule has 0 saturated heterocycles. The Morgan fingerprint density at radius 2 is 1.91 bits per heavy atom. The fraction of sp³-hybridized carbons (Fsp3) is 0.435. The molecule has 0 bridgehead atoms. The molecule has 7 nitrogen and oxygen atoms in total. The molecular weight excluding hydrogens is 471 g/mol. The molecular formula is C23H23ClF3N5O2. The lowest BCUT2D eigenvalue weighted by atomic mass is 9.90. The Bertz CT molecular complexity index is 1220. The predicted molar refractivity (Wildman–Crippen MR) is 121 cm³/mol. The molecule has 3 aromatic rings. The van der Waals surface area contributed by atoms with Crippen molar-refractivity contribution < 1.29 is 22.7 Å². The van der Waals surface area contributed by atoms with Crippen LogP contribution in [0.4, 0.5) is 18.9 Å². The van der Waals surface area contributed by atoms with Crippen LogP contribution in [0.1, 0.15) is 53.1 Å². The zero-order valence-electron chi connectivity index (χ0n) is 18.1. The van der Waals surface area contributed by atoms with Crippen LogP contribution in [0.5, 0.6) is 0 Å². The van der Waals surface area contributed by atoms with E-state index in [2.05, 4.69) is 25.8 Å². The summed E-state index contributed by atoms with van der Waals surface area (Å²) in [5, 5.41) is 14.3. The average Bonchev–Trinajstić information content (AvgIpc) is 3.24. The number of halogens is 4. The maximum absolute atomic E-state index is 13.4. The van der Waals surface area contributed by atoms with Crippen LogP contribution in [0.15, 0.2) is 24.3 Å². The largest absolute Gasteiger partial charge is 0.433 e. The minimum Gasteiger partial charge on any atom is -0.382 e. The van der Waals surface area contributed by atoms with Crippen molar-refractivity contribution in [3.63, 3.8) is 0 Å². The van der Waals surface area contributed by atoms with Gasteiger partial charge < -0.3 is 15.4 Å². The van der Waals surface area contributed by atoms with Gasteiger partial charge in [0.1, 0.15) is 5.69 Å². The van der Waals surface area contributed by atoms with Gasteiger partial charge in [0, 0.05) is 45.9 Å². The van der Waals surface area contributed by atoms with Crippen LogP contribution in [0, 0.1) is 0 Å². The Hall–Kier alpha value is -2.85. The lowest BCUT2D eigenvalue weighted by Gasteiger charge is -2.30. The van der Waals surface area contributed by atoms with Crippen molar-refractivity contribution in [3.8, 4) is 0 Å². The molecule has 5 rings (SSSR count). The average molecular weight is 494 g/mol. The quantitative estimate of drug-likeness (QED) is 0.483. The van der Waals surface area contributed by atoms with E-state index in [0.717, 1.165) is 17.3 Å². The van der Waals surface area contributed by atoms with Crippen LogP contribution >= 0.6 is 11.6 Å². The van der Waals surface area contributed by atoms with Gasteiger partial charge in [-0.2, -0.15) is 18.3 Å². The Morgan fingerprint density at radius 3 is 2.68 bits per heavy atom. The number of carbonyl (C=O) groups is 1. The second-order valence-electron chi connectivity index (χ2n) is 8.71. The van der Waals surface area contributed by atoms with E-state index < -0.39 is 11.9 Å². The second-order valence-corrected chi connectivity index (χ2v) is 9.15. The van der Waals surface area contributed by atoms with E-state index in [1.54, 1.807) is 6.07 Å². The smallest absolute Gasteiger partial charge is 0.382 e. The van der Waals surface area contributed by atoms with Gasteiger partial charge in [0.25, 0.3) is 5.91 Å². The highest BCUT2D eigenvalue weighted by Crippen LogP contribution is 2.35. The van der Waals surface area contributed by atoms with Crippen LogP contribution in [0.3, 0.4) is 0 Å². The maximum Gasteiger partial charge on any atom is 0.433 e. The van der Waals surface area contributed by atoms with Gasteiger partial charge in [0.15, 0.2) is 5.69 Å². The third-order valence-electron chi connectivity index (χ3n) is 6.39. The number of nitrogens with zero attached hydrogens (tertiary/aromatic N) is 2. The summed E-state index contributed by atoms with van der Waals surface area (Å²) in [5.41, 5.74) is 1.76. The number of carbonyl (C=O) groups excluding carboxylic acids is 1. The maximum atomic E-state index is 13.4. The SMILES string of the molecule is O=C(NC1CCC(Nc2cc(C(F)(F)F)nc3ccc(Cl)cc23)CC1)c1n[nH]c2c1COCC2. The molecule has 2 aliphatic rings. The lowest BCUT2D eigenvalue weighted by molar-refractivity contribution is -0.140. The fourth-order valence-corrected chi connectivity index (χ4v) is 4.79. The third kappa shape index (κ3) is 4.69. The van der Waals surface area contributed by atoms with Gasteiger partial charge in [-0.1, -0.05) is 11.6 Å². The topological polar surface area (TPSA) is 91.9 Å². The van der Waals surface area contributed by atoms with Crippen LogP contribution in [0.2, 0.25) is 5.02 Å². The van der Waals surface area contributed by atoms with Crippen molar-refractivity contribution in [3.05, 3.63) is 51.9 Å². The van der Waals surface area contributed by atoms with Crippen LogP contribution < -0.4 is 10.6 Å². The second kappa shape index (κ2) is 9.07. The number of fused-ring (bicyclic) bond motifs is 2. The number of aromatic nitrogens is 3. The van der Waals surface area contributed by atoms with E-state index in [-0.39, 0.29) is 23.5 Å². The van der Waals surface area contributed by atoms with E-state index in [0.29, 0.717) is 67.1 Å². The van der Waals surface area contributed by atoms with E-state index in [4.69, 9.17) is 16.3 Å². The summed E-state index contributed by atoms with van der Waals surface area (Å²) < 4.78 is 45.6. The highest BCUT2D eigenvalue weighted by molar-refractivity contribution is 6.31. The predicted octanol–water partition coefficient (Wildman–Crippen LogP) is 4.86. The Balaban J connectivity index is 1.25. The lowest BCUT2D eigenvalue weighted by Crippen LogP contribution is -2.40. The van der Waals surface area contributed by atoms with Crippen molar-refractivity contribution in [1.82, 2.24) is 20.5 Å². The number of H-pyrrole nitrogens is 1. The molecule has 1 fully saturated rings. The van der Waals surface area contributed by atoms with Crippen molar-refractivity contribution in [2.75, 3.05) is 11.9 Å². The normalized spacial score (nSPS) is 20.7. The number of hydrogen-bond acceptors (Lipinski definition) is 5. The van der Waals surface area contributed by atoms with Crippen LogP contribution in [-0.2, 0) is 23.9 Å². The number of nitrogens with one attached hydrogen (secondary N) is 3. The number of benzene rings is 1. The van der Waals surface area contributed by atoms with Crippen molar-refractivity contribution in [2.24, 2.45) is 0 Å². The number of hydrogen-bond donors (Lipinski definition) is 3. The number of alkyl halides is 3. The van der Waals surface area contributed by atoms with Gasteiger partial charge in [-0.25, -0.2) is 4.98 Å². The number of anilines is 1. The molecule has 2 aromatic heterocycles. The first-order chi connectivity index (χ1) is 16.3. The number of ether oxygens (including phenoxy) is 1. The zero-order valence-corrected chi connectivity index (χ0v) is 18.9. The van der Waals surface area contributed by atoms with Gasteiger partial charge in [-0.3, -0.25) is 9.89 Å². The molecule has 0 atom stereocenters. The zero-order chi connectivity index (χ0) is 23.9. The van der Waals surface area contributed by atoms with Crippen molar-refractivity contribution >= 4 is 34.1 Å². The molecule has 34 heavy (non-hydrogen) atoms. The number of pyridine rings is 1. The van der Waals surface area contributed by atoms with E-state index in [1.165, 1.54) is 12.1 Å². The van der Waals surface area contributed by atoms with E-state index >= 15 is 0 Å². The number of rotatable bonds is 4. The molecule has 1 saturated carbocycles. The molecule has 180 valence electrons. The molecule has 3 N–H and O–H groups in total.